The van der Waals surface area contributed by atoms with E-state index in [9.17, 15) is 0 Å². The highest BCUT2D eigenvalue weighted by Crippen LogP contribution is 2.37. The van der Waals surface area contributed by atoms with Crippen LogP contribution in [0.25, 0.3) is 0 Å². The highest BCUT2D eigenvalue weighted by Gasteiger charge is 2.21. The number of benzene rings is 2. The topological polar surface area (TPSA) is 9.23 Å². The fourth-order valence-electron chi connectivity index (χ4n) is 3.85. The summed E-state index contributed by atoms with van der Waals surface area (Å²) in [6.07, 6.45) is 8.24. The molecule has 2 aromatic carbocycles. The van der Waals surface area contributed by atoms with Gasteiger partial charge in [-0.25, -0.2) is 0 Å². The van der Waals surface area contributed by atoms with Crippen molar-refractivity contribution in [1.29, 1.82) is 0 Å². The zero-order valence-corrected chi connectivity index (χ0v) is 15.4. The second kappa shape index (κ2) is 8.77. The molecule has 0 unspecified atom stereocenters. The van der Waals surface area contributed by atoms with Crippen LogP contribution in [-0.4, -0.2) is 7.11 Å². The lowest BCUT2D eigenvalue weighted by Gasteiger charge is -2.28. The molecule has 0 amide bonds. The SMILES string of the molecule is CCCC1CCC(c2ccc(C#Cc3ccc(OC)cc3)cc2)CC1. The lowest BCUT2D eigenvalue weighted by Crippen LogP contribution is -2.13. The number of rotatable bonds is 4. The Hall–Kier alpha value is -2.20. The van der Waals surface area contributed by atoms with Gasteiger partial charge in [0.25, 0.3) is 0 Å². The Morgan fingerprint density at radius 1 is 0.840 bits per heavy atom. The maximum absolute atomic E-state index is 5.17. The van der Waals surface area contributed by atoms with Gasteiger partial charge in [-0.05, 0) is 79.5 Å². The lowest BCUT2D eigenvalue weighted by molar-refractivity contribution is 0.308. The Bertz CT molecular complexity index is 707. The summed E-state index contributed by atoms with van der Waals surface area (Å²) in [5.41, 5.74) is 3.59. The van der Waals surface area contributed by atoms with Crippen molar-refractivity contribution >= 4 is 0 Å². The van der Waals surface area contributed by atoms with Gasteiger partial charge >= 0.3 is 0 Å². The van der Waals surface area contributed by atoms with E-state index in [4.69, 9.17) is 4.74 Å². The first-order valence-electron chi connectivity index (χ1n) is 9.54. The third-order valence-corrected chi connectivity index (χ3v) is 5.37. The molecule has 0 aromatic heterocycles. The van der Waals surface area contributed by atoms with Gasteiger partial charge in [0.05, 0.1) is 7.11 Å². The monoisotopic (exact) mass is 332 g/mol. The molecule has 0 heterocycles. The minimum atomic E-state index is 0.747. The molecule has 1 aliphatic rings. The van der Waals surface area contributed by atoms with E-state index < -0.39 is 0 Å². The third-order valence-electron chi connectivity index (χ3n) is 5.37. The Balaban J connectivity index is 1.60. The molecule has 25 heavy (non-hydrogen) atoms. The quantitative estimate of drug-likeness (QED) is 0.608. The largest absolute Gasteiger partial charge is 0.497 e. The van der Waals surface area contributed by atoms with Gasteiger partial charge in [0.2, 0.25) is 0 Å². The highest BCUT2D eigenvalue weighted by molar-refractivity contribution is 5.45. The van der Waals surface area contributed by atoms with Crippen molar-refractivity contribution in [3.8, 4) is 17.6 Å². The zero-order valence-electron chi connectivity index (χ0n) is 15.4. The maximum Gasteiger partial charge on any atom is 0.118 e. The Labute approximate surface area is 152 Å². The van der Waals surface area contributed by atoms with Crippen molar-refractivity contribution in [2.75, 3.05) is 7.11 Å². The summed E-state index contributed by atoms with van der Waals surface area (Å²) < 4.78 is 5.17. The predicted molar refractivity (Wildman–Crippen MR) is 105 cm³/mol. The molecule has 0 N–H and O–H groups in total. The number of hydrogen-bond donors (Lipinski definition) is 0. The molecule has 2 aromatic rings. The van der Waals surface area contributed by atoms with E-state index in [1.54, 1.807) is 7.11 Å². The fourth-order valence-corrected chi connectivity index (χ4v) is 3.85. The number of methoxy groups -OCH3 is 1. The van der Waals surface area contributed by atoms with Gasteiger partial charge in [-0.1, -0.05) is 43.7 Å². The van der Waals surface area contributed by atoms with Crippen LogP contribution in [0.4, 0.5) is 0 Å². The van der Waals surface area contributed by atoms with Crippen LogP contribution in [0, 0.1) is 17.8 Å². The Morgan fingerprint density at radius 3 is 1.92 bits per heavy atom. The summed E-state index contributed by atoms with van der Waals surface area (Å²) in [5.74, 6) is 9.07. The van der Waals surface area contributed by atoms with Crippen molar-refractivity contribution in [3.05, 3.63) is 65.2 Å². The van der Waals surface area contributed by atoms with E-state index in [1.165, 1.54) is 44.1 Å². The summed E-state index contributed by atoms with van der Waals surface area (Å²) in [4.78, 5) is 0. The Morgan fingerprint density at radius 2 is 1.40 bits per heavy atom. The number of hydrogen-bond acceptors (Lipinski definition) is 1. The average Bonchev–Trinajstić information content (AvgIpc) is 2.68. The lowest BCUT2D eigenvalue weighted by atomic mass is 9.77. The molecule has 1 aliphatic carbocycles. The summed E-state index contributed by atoms with van der Waals surface area (Å²) in [6.45, 7) is 2.30. The van der Waals surface area contributed by atoms with Crippen molar-refractivity contribution in [1.82, 2.24) is 0 Å². The molecule has 0 spiro atoms. The normalized spacial score (nSPS) is 19.8. The molecule has 0 atom stereocenters. The van der Waals surface area contributed by atoms with Crippen LogP contribution in [0.3, 0.4) is 0 Å². The van der Waals surface area contributed by atoms with Gasteiger partial charge in [-0.3, -0.25) is 0 Å². The molecule has 0 aliphatic heterocycles. The zero-order chi connectivity index (χ0) is 17.5. The first-order chi connectivity index (χ1) is 12.3. The van der Waals surface area contributed by atoms with Crippen LogP contribution in [0.1, 0.15) is 68.1 Å². The van der Waals surface area contributed by atoms with Crippen LogP contribution in [0.15, 0.2) is 48.5 Å². The van der Waals surface area contributed by atoms with Crippen molar-refractivity contribution in [2.24, 2.45) is 5.92 Å². The van der Waals surface area contributed by atoms with Crippen molar-refractivity contribution in [3.63, 3.8) is 0 Å². The van der Waals surface area contributed by atoms with E-state index >= 15 is 0 Å². The van der Waals surface area contributed by atoms with Gasteiger partial charge < -0.3 is 4.74 Å². The van der Waals surface area contributed by atoms with Crippen molar-refractivity contribution < 1.29 is 4.74 Å². The smallest absolute Gasteiger partial charge is 0.118 e. The molecule has 0 radical (unpaired) electrons. The molecule has 1 saturated carbocycles. The van der Waals surface area contributed by atoms with Gasteiger partial charge in [-0.15, -0.1) is 0 Å². The van der Waals surface area contributed by atoms with E-state index in [0.29, 0.717) is 0 Å². The average molecular weight is 332 g/mol. The van der Waals surface area contributed by atoms with Crippen molar-refractivity contribution in [2.45, 2.75) is 51.4 Å². The molecule has 3 rings (SSSR count). The Kier molecular flexibility index (Phi) is 6.18. The second-order valence-electron chi connectivity index (χ2n) is 7.11. The van der Waals surface area contributed by atoms with Crippen LogP contribution in [0.2, 0.25) is 0 Å². The van der Waals surface area contributed by atoms with Crippen LogP contribution in [0.5, 0.6) is 5.75 Å². The second-order valence-corrected chi connectivity index (χ2v) is 7.11. The maximum atomic E-state index is 5.17. The van der Waals surface area contributed by atoms with Gasteiger partial charge in [0.1, 0.15) is 5.75 Å². The molecular weight excluding hydrogens is 304 g/mol. The molecule has 0 bridgehead atoms. The summed E-state index contributed by atoms with van der Waals surface area (Å²) in [6, 6.07) is 16.8. The van der Waals surface area contributed by atoms with Crippen LogP contribution >= 0.6 is 0 Å². The van der Waals surface area contributed by atoms with E-state index in [-0.39, 0.29) is 0 Å². The number of ether oxygens (including phenoxy) is 1. The first-order valence-corrected chi connectivity index (χ1v) is 9.54. The molecule has 130 valence electrons. The predicted octanol–water partition coefficient (Wildman–Crippen LogP) is 6.17. The van der Waals surface area contributed by atoms with E-state index in [1.807, 2.05) is 24.3 Å². The highest BCUT2D eigenvalue weighted by atomic mass is 16.5. The minimum Gasteiger partial charge on any atom is -0.497 e. The van der Waals surface area contributed by atoms with Gasteiger partial charge in [0.15, 0.2) is 0 Å². The summed E-state index contributed by atoms with van der Waals surface area (Å²) in [5, 5.41) is 0. The third kappa shape index (κ3) is 4.89. The standard InChI is InChI=1S/C24H28O/c1-3-4-19-7-13-22(14-8-19)23-15-9-20(10-16-23)5-6-21-11-17-24(25-2)18-12-21/h9-12,15-19,22H,3-4,7-8,13-14H2,1-2H3. The molecule has 1 heteroatoms. The summed E-state index contributed by atoms with van der Waals surface area (Å²) >= 11 is 0. The minimum absolute atomic E-state index is 0.747. The molecule has 1 nitrogen and oxygen atoms in total. The van der Waals surface area contributed by atoms with Crippen LogP contribution in [-0.2, 0) is 0 Å². The van der Waals surface area contributed by atoms with E-state index in [2.05, 4.69) is 43.0 Å². The van der Waals surface area contributed by atoms with Gasteiger partial charge in [0, 0.05) is 11.1 Å². The molecule has 1 fully saturated rings. The van der Waals surface area contributed by atoms with E-state index in [0.717, 1.165) is 28.7 Å². The molecular formula is C24H28O. The van der Waals surface area contributed by atoms with Crippen LogP contribution < -0.4 is 4.74 Å². The molecule has 0 saturated heterocycles. The van der Waals surface area contributed by atoms with Gasteiger partial charge in [-0.2, -0.15) is 0 Å². The first kappa shape index (κ1) is 17.6. The fraction of sp³-hybridized carbons (Fsp3) is 0.417. The summed E-state index contributed by atoms with van der Waals surface area (Å²) in [7, 11) is 1.68.